The van der Waals surface area contributed by atoms with Crippen LogP contribution in [0.4, 0.5) is 0 Å². The van der Waals surface area contributed by atoms with E-state index >= 15 is 0 Å². The average Bonchev–Trinajstić information content (AvgIpc) is 2.62. The summed E-state index contributed by atoms with van der Waals surface area (Å²) in [4.78, 5) is 7.01. The van der Waals surface area contributed by atoms with Crippen molar-refractivity contribution in [3.8, 4) is 0 Å². The van der Waals surface area contributed by atoms with Crippen molar-refractivity contribution in [3.63, 3.8) is 0 Å². The fraction of sp³-hybridized carbons (Fsp3) is 0.667. The monoisotopic (exact) mass is 246 g/mol. The molecule has 1 heterocycles. The molecule has 6 nitrogen and oxygen atoms in total. The van der Waals surface area contributed by atoms with Crippen LogP contribution in [0.25, 0.3) is 0 Å². The largest absolute Gasteiger partial charge is 0.349 e. The lowest BCUT2D eigenvalue weighted by atomic mass is 10.3. The van der Waals surface area contributed by atoms with E-state index < -0.39 is 10.2 Å². The lowest BCUT2D eigenvalue weighted by Crippen LogP contribution is -2.40. The van der Waals surface area contributed by atoms with Gasteiger partial charge < -0.3 is 4.98 Å². The minimum Gasteiger partial charge on any atom is -0.349 e. The first-order valence-corrected chi connectivity index (χ1v) is 6.73. The predicted molar refractivity (Wildman–Crippen MR) is 62.1 cm³/mol. The van der Waals surface area contributed by atoms with Crippen LogP contribution in [0, 0.1) is 0 Å². The average molecular weight is 246 g/mol. The van der Waals surface area contributed by atoms with Crippen molar-refractivity contribution in [2.24, 2.45) is 0 Å². The van der Waals surface area contributed by atoms with Crippen molar-refractivity contribution < 1.29 is 8.42 Å². The first-order valence-electron chi connectivity index (χ1n) is 5.25. The van der Waals surface area contributed by atoms with E-state index in [4.69, 9.17) is 0 Å². The zero-order valence-electron chi connectivity index (χ0n) is 9.53. The van der Waals surface area contributed by atoms with Gasteiger partial charge in [-0.15, -0.1) is 0 Å². The Morgan fingerprint density at radius 1 is 1.50 bits per heavy atom. The standard InChI is InChI=1S/C9H18N4O2S/c1-8(2)13-16(14,15)12-5-3-4-9-10-6-7-11-9/h6-8,12-13H,3-5H2,1-2H3,(H,10,11). The van der Waals surface area contributed by atoms with E-state index in [1.54, 1.807) is 26.2 Å². The van der Waals surface area contributed by atoms with Crippen LogP contribution in [-0.2, 0) is 16.6 Å². The molecule has 3 N–H and O–H groups in total. The topological polar surface area (TPSA) is 86.9 Å². The molecular formula is C9H18N4O2S. The SMILES string of the molecule is CC(C)NS(=O)(=O)NCCCc1ncc[nH]1. The molecule has 0 saturated carbocycles. The van der Waals surface area contributed by atoms with Crippen LogP contribution in [0.2, 0.25) is 0 Å². The van der Waals surface area contributed by atoms with Gasteiger partial charge in [0.05, 0.1) is 0 Å². The van der Waals surface area contributed by atoms with Gasteiger partial charge in [-0.2, -0.15) is 13.1 Å². The second-order valence-electron chi connectivity index (χ2n) is 3.81. The number of nitrogens with one attached hydrogen (secondary N) is 3. The molecule has 16 heavy (non-hydrogen) atoms. The molecule has 0 aliphatic heterocycles. The van der Waals surface area contributed by atoms with Crippen LogP contribution in [0.1, 0.15) is 26.1 Å². The van der Waals surface area contributed by atoms with E-state index in [1.807, 2.05) is 0 Å². The number of aromatic nitrogens is 2. The van der Waals surface area contributed by atoms with Gasteiger partial charge in [-0.05, 0) is 20.3 Å². The summed E-state index contributed by atoms with van der Waals surface area (Å²) < 4.78 is 27.6. The Morgan fingerprint density at radius 3 is 2.81 bits per heavy atom. The molecule has 0 atom stereocenters. The Hall–Kier alpha value is -0.920. The Morgan fingerprint density at radius 2 is 2.25 bits per heavy atom. The van der Waals surface area contributed by atoms with Crippen molar-refractivity contribution in [3.05, 3.63) is 18.2 Å². The highest BCUT2D eigenvalue weighted by Crippen LogP contribution is 1.94. The summed E-state index contributed by atoms with van der Waals surface area (Å²) in [6.07, 6.45) is 4.88. The fourth-order valence-corrected chi connectivity index (χ4v) is 2.37. The van der Waals surface area contributed by atoms with Gasteiger partial charge in [0.15, 0.2) is 0 Å². The minimum atomic E-state index is -3.35. The Kier molecular flexibility index (Phi) is 4.91. The normalized spacial score (nSPS) is 12.2. The molecule has 1 rings (SSSR count). The number of hydrogen-bond donors (Lipinski definition) is 3. The van der Waals surface area contributed by atoms with Crippen molar-refractivity contribution in [2.75, 3.05) is 6.54 Å². The Labute approximate surface area is 96.0 Å². The lowest BCUT2D eigenvalue weighted by Gasteiger charge is -2.10. The van der Waals surface area contributed by atoms with Crippen LogP contribution in [-0.4, -0.2) is 31.0 Å². The van der Waals surface area contributed by atoms with Gasteiger partial charge in [0, 0.05) is 31.4 Å². The third kappa shape index (κ3) is 5.24. The number of imidazole rings is 1. The molecule has 92 valence electrons. The molecule has 0 fully saturated rings. The van der Waals surface area contributed by atoms with Crippen LogP contribution in [0.15, 0.2) is 12.4 Å². The quantitative estimate of drug-likeness (QED) is 0.600. The second-order valence-corrected chi connectivity index (χ2v) is 5.34. The summed E-state index contributed by atoms with van der Waals surface area (Å²) in [6, 6.07) is -0.0948. The molecule has 0 aliphatic rings. The van der Waals surface area contributed by atoms with Crippen LogP contribution < -0.4 is 9.44 Å². The summed E-state index contributed by atoms with van der Waals surface area (Å²) in [5.41, 5.74) is 0. The van der Waals surface area contributed by atoms with Crippen molar-refractivity contribution in [1.29, 1.82) is 0 Å². The number of rotatable bonds is 7. The van der Waals surface area contributed by atoms with Crippen LogP contribution in [0.5, 0.6) is 0 Å². The van der Waals surface area contributed by atoms with Gasteiger partial charge in [0.1, 0.15) is 5.82 Å². The van der Waals surface area contributed by atoms with Crippen molar-refractivity contribution in [2.45, 2.75) is 32.7 Å². The van der Waals surface area contributed by atoms with Gasteiger partial charge >= 0.3 is 0 Å². The number of aromatic amines is 1. The maximum absolute atomic E-state index is 11.4. The molecule has 0 radical (unpaired) electrons. The molecule has 0 saturated heterocycles. The minimum absolute atomic E-state index is 0.0948. The Bertz CT molecular complexity index is 386. The lowest BCUT2D eigenvalue weighted by molar-refractivity contribution is 0.552. The predicted octanol–water partition coefficient (Wildman–Crippen LogP) is 0.175. The van der Waals surface area contributed by atoms with E-state index in [1.165, 1.54) is 0 Å². The first kappa shape index (κ1) is 13.1. The van der Waals surface area contributed by atoms with Gasteiger partial charge in [0.25, 0.3) is 10.2 Å². The maximum Gasteiger partial charge on any atom is 0.277 e. The molecule has 0 spiro atoms. The number of hydrogen-bond acceptors (Lipinski definition) is 3. The molecule has 0 aliphatic carbocycles. The molecule has 0 amide bonds. The van der Waals surface area contributed by atoms with E-state index in [2.05, 4.69) is 19.4 Å². The van der Waals surface area contributed by atoms with Crippen LogP contribution >= 0.6 is 0 Å². The van der Waals surface area contributed by atoms with Gasteiger partial charge in [0.2, 0.25) is 0 Å². The number of H-pyrrole nitrogens is 1. The molecule has 0 aromatic carbocycles. The Balaban J connectivity index is 2.20. The van der Waals surface area contributed by atoms with Gasteiger partial charge in [-0.25, -0.2) is 9.71 Å². The van der Waals surface area contributed by atoms with E-state index in [9.17, 15) is 8.42 Å². The van der Waals surface area contributed by atoms with Crippen molar-refractivity contribution >= 4 is 10.2 Å². The second kappa shape index (κ2) is 5.97. The molecule has 0 unspecified atom stereocenters. The molecule has 1 aromatic heterocycles. The van der Waals surface area contributed by atoms with E-state index in [0.717, 1.165) is 12.2 Å². The van der Waals surface area contributed by atoms with Crippen LogP contribution in [0.3, 0.4) is 0 Å². The summed E-state index contributed by atoms with van der Waals surface area (Å²) in [6.45, 7) is 3.97. The van der Waals surface area contributed by atoms with E-state index in [0.29, 0.717) is 13.0 Å². The van der Waals surface area contributed by atoms with Gasteiger partial charge in [-0.1, -0.05) is 0 Å². The third-order valence-electron chi connectivity index (χ3n) is 1.83. The van der Waals surface area contributed by atoms with Gasteiger partial charge in [-0.3, -0.25) is 0 Å². The molecular weight excluding hydrogens is 228 g/mol. The maximum atomic E-state index is 11.4. The smallest absolute Gasteiger partial charge is 0.277 e. The zero-order valence-corrected chi connectivity index (χ0v) is 10.3. The highest BCUT2D eigenvalue weighted by atomic mass is 32.2. The molecule has 0 bridgehead atoms. The summed E-state index contributed by atoms with van der Waals surface area (Å²) in [7, 11) is -3.35. The summed E-state index contributed by atoms with van der Waals surface area (Å²) in [5.74, 6) is 0.871. The highest BCUT2D eigenvalue weighted by Gasteiger charge is 2.09. The highest BCUT2D eigenvalue weighted by molar-refractivity contribution is 7.87. The fourth-order valence-electron chi connectivity index (χ4n) is 1.25. The summed E-state index contributed by atoms with van der Waals surface area (Å²) >= 11 is 0. The summed E-state index contributed by atoms with van der Waals surface area (Å²) in [5, 5.41) is 0. The molecule has 1 aromatic rings. The molecule has 7 heteroatoms. The number of nitrogens with zero attached hydrogens (tertiary/aromatic N) is 1. The number of aryl methyl sites for hydroxylation is 1. The first-order chi connectivity index (χ1) is 7.49. The zero-order chi connectivity index (χ0) is 12.0. The van der Waals surface area contributed by atoms with Crippen molar-refractivity contribution in [1.82, 2.24) is 19.4 Å². The third-order valence-corrected chi connectivity index (χ3v) is 3.19. The van der Waals surface area contributed by atoms with E-state index in [-0.39, 0.29) is 6.04 Å².